The molecule has 1 amide bonds. The van der Waals surface area contributed by atoms with E-state index in [1.807, 2.05) is 18.2 Å². The van der Waals surface area contributed by atoms with Gasteiger partial charge in [-0.15, -0.1) is 0 Å². The molecule has 1 atom stereocenters. The second kappa shape index (κ2) is 5.54. The van der Waals surface area contributed by atoms with Crippen LogP contribution in [0.25, 0.3) is 0 Å². The van der Waals surface area contributed by atoms with Crippen molar-refractivity contribution in [2.75, 3.05) is 13.1 Å². The smallest absolute Gasteiger partial charge is 0.259 e. The molecule has 0 radical (unpaired) electrons. The van der Waals surface area contributed by atoms with E-state index in [2.05, 4.69) is 11.1 Å². The number of pyridine rings is 1. The van der Waals surface area contributed by atoms with Crippen molar-refractivity contribution in [3.63, 3.8) is 0 Å². The maximum absolute atomic E-state index is 12.7. The molecule has 108 valence electrons. The predicted octanol–water partition coefficient (Wildman–Crippen LogP) is 1.07. The Bertz CT molecular complexity index is 723. The summed E-state index contributed by atoms with van der Waals surface area (Å²) in [6.07, 6.45) is 3.76. The van der Waals surface area contributed by atoms with E-state index >= 15 is 0 Å². The van der Waals surface area contributed by atoms with Crippen LogP contribution in [0.5, 0.6) is 0 Å². The molecule has 3 N–H and O–H groups in total. The fraction of sp³-hybridized carbons (Fsp3) is 0.250. The largest absolute Gasteiger partial charge is 0.367 e. The van der Waals surface area contributed by atoms with Crippen LogP contribution < -0.4 is 11.2 Å². The maximum atomic E-state index is 12.7. The van der Waals surface area contributed by atoms with Crippen molar-refractivity contribution in [1.82, 2.24) is 9.88 Å². The lowest BCUT2D eigenvalue weighted by atomic mass is 9.92. The molecule has 2 heterocycles. The number of rotatable bonds is 2. The number of fused-ring (bicyclic) bond motifs is 1. The van der Waals surface area contributed by atoms with Crippen molar-refractivity contribution in [3.8, 4) is 0 Å². The number of aromatic nitrogens is 1. The van der Waals surface area contributed by atoms with Gasteiger partial charge in [-0.2, -0.15) is 0 Å². The summed E-state index contributed by atoms with van der Waals surface area (Å²) in [6, 6.07) is 9.19. The molecule has 1 aliphatic rings. The minimum Gasteiger partial charge on any atom is -0.367 e. The standard InChI is InChI=1S/C16H17N3O2/c17-9-14-12-4-2-1-3-11(12)6-8-19(14)16(21)13-10-18-7-5-15(13)20/h1-5,7,10,14H,6,8-9,17H2,(H,18,20). The summed E-state index contributed by atoms with van der Waals surface area (Å²) in [5.41, 5.74) is 8.07. The second-order valence-electron chi connectivity index (χ2n) is 5.12. The third-order valence-electron chi connectivity index (χ3n) is 3.95. The summed E-state index contributed by atoms with van der Waals surface area (Å²) in [5.74, 6) is -0.262. The Morgan fingerprint density at radius 3 is 2.90 bits per heavy atom. The Morgan fingerprint density at radius 1 is 1.33 bits per heavy atom. The van der Waals surface area contributed by atoms with Crippen molar-refractivity contribution < 1.29 is 4.79 Å². The number of benzene rings is 1. The summed E-state index contributed by atoms with van der Waals surface area (Å²) in [7, 11) is 0. The summed E-state index contributed by atoms with van der Waals surface area (Å²) < 4.78 is 0. The zero-order valence-corrected chi connectivity index (χ0v) is 11.6. The van der Waals surface area contributed by atoms with E-state index in [-0.39, 0.29) is 22.9 Å². The molecule has 1 aromatic heterocycles. The van der Waals surface area contributed by atoms with Gasteiger partial charge in [0.15, 0.2) is 5.43 Å². The van der Waals surface area contributed by atoms with E-state index < -0.39 is 0 Å². The molecule has 0 aliphatic carbocycles. The van der Waals surface area contributed by atoms with Gasteiger partial charge in [0.1, 0.15) is 5.56 Å². The van der Waals surface area contributed by atoms with Gasteiger partial charge in [0, 0.05) is 31.5 Å². The third kappa shape index (κ3) is 2.36. The number of hydrogen-bond acceptors (Lipinski definition) is 3. The molecule has 0 saturated heterocycles. The quantitative estimate of drug-likeness (QED) is 0.865. The number of hydrogen-bond donors (Lipinski definition) is 2. The van der Waals surface area contributed by atoms with E-state index in [0.717, 1.165) is 12.0 Å². The minimum absolute atomic E-state index is 0.162. The fourth-order valence-electron chi connectivity index (χ4n) is 2.89. The Balaban J connectivity index is 1.98. The Labute approximate surface area is 122 Å². The van der Waals surface area contributed by atoms with Crippen LogP contribution in [0.15, 0.2) is 47.5 Å². The van der Waals surface area contributed by atoms with Crippen molar-refractivity contribution in [2.24, 2.45) is 5.73 Å². The number of H-pyrrole nitrogens is 1. The highest BCUT2D eigenvalue weighted by molar-refractivity contribution is 5.94. The van der Waals surface area contributed by atoms with Crippen molar-refractivity contribution in [3.05, 3.63) is 69.6 Å². The summed E-state index contributed by atoms with van der Waals surface area (Å²) in [4.78, 5) is 29.0. The zero-order chi connectivity index (χ0) is 14.8. The summed E-state index contributed by atoms with van der Waals surface area (Å²) in [6.45, 7) is 0.916. The van der Waals surface area contributed by atoms with Gasteiger partial charge in [-0.3, -0.25) is 9.59 Å². The van der Waals surface area contributed by atoms with Gasteiger partial charge < -0.3 is 15.6 Å². The topological polar surface area (TPSA) is 79.2 Å². The van der Waals surface area contributed by atoms with Gasteiger partial charge in [-0.05, 0) is 17.5 Å². The molecule has 0 spiro atoms. The number of carbonyl (C=O) groups excluding carboxylic acids is 1. The highest BCUT2D eigenvalue weighted by atomic mass is 16.2. The highest BCUT2D eigenvalue weighted by Crippen LogP contribution is 2.29. The molecular weight excluding hydrogens is 266 g/mol. The average molecular weight is 283 g/mol. The Hall–Kier alpha value is -2.40. The van der Waals surface area contributed by atoms with E-state index in [1.165, 1.54) is 24.0 Å². The summed E-state index contributed by atoms with van der Waals surface area (Å²) in [5, 5.41) is 0. The van der Waals surface area contributed by atoms with Crippen LogP contribution in [0.2, 0.25) is 0 Å². The van der Waals surface area contributed by atoms with Gasteiger partial charge in [0.25, 0.3) is 5.91 Å². The van der Waals surface area contributed by atoms with E-state index in [0.29, 0.717) is 13.1 Å². The SMILES string of the molecule is NCC1c2ccccc2CCN1C(=O)c1c[nH]ccc1=O. The first-order valence-corrected chi connectivity index (χ1v) is 6.98. The first-order valence-electron chi connectivity index (χ1n) is 6.98. The Kier molecular flexibility index (Phi) is 3.58. The lowest BCUT2D eigenvalue weighted by molar-refractivity contribution is 0.0666. The molecular formula is C16H17N3O2. The van der Waals surface area contributed by atoms with Crippen LogP contribution >= 0.6 is 0 Å². The number of carbonyl (C=O) groups is 1. The molecule has 1 unspecified atom stereocenters. The van der Waals surface area contributed by atoms with Crippen LogP contribution in [0.1, 0.15) is 27.5 Å². The first-order chi connectivity index (χ1) is 10.2. The third-order valence-corrected chi connectivity index (χ3v) is 3.95. The van der Waals surface area contributed by atoms with Gasteiger partial charge in [-0.25, -0.2) is 0 Å². The van der Waals surface area contributed by atoms with Gasteiger partial charge in [-0.1, -0.05) is 24.3 Å². The summed E-state index contributed by atoms with van der Waals surface area (Å²) >= 11 is 0. The van der Waals surface area contributed by atoms with Crippen molar-refractivity contribution in [2.45, 2.75) is 12.5 Å². The van der Waals surface area contributed by atoms with Crippen molar-refractivity contribution >= 4 is 5.91 Å². The first kappa shape index (κ1) is 13.6. The van der Waals surface area contributed by atoms with Crippen LogP contribution in [-0.2, 0) is 6.42 Å². The Morgan fingerprint density at radius 2 is 2.14 bits per heavy atom. The van der Waals surface area contributed by atoms with Gasteiger partial charge >= 0.3 is 0 Å². The van der Waals surface area contributed by atoms with Crippen LogP contribution in [0.3, 0.4) is 0 Å². The molecule has 2 aromatic rings. The number of aromatic amines is 1. The number of nitrogens with zero attached hydrogens (tertiary/aromatic N) is 1. The van der Waals surface area contributed by atoms with E-state index in [1.54, 1.807) is 4.90 Å². The molecule has 0 bridgehead atoms. The lowest BCUT2D eigenvalue weighted by Gasteiger charge is -2.36. The lowest BCUT2D eigenvalue weighted by Crippen LogP contribution is -2.44. The molecule has 21 heavy (non-hydrogen) atoms. The monoisotopic (exact) mass is 283 g/mol. The molecule has 5 nitrogen and oxygen atoms in total. The molecule has 0 saturated carbocycles. The second-order valence-corrected chi connectivity index (χ2v) is 5.12. The fourth-order valence-corrected chi connectivity index (χ4v) is 2.89. The maximum Gasteiger partial charge on any atom is 0.259 e. The molecule has 3 rings (SSSR count). The van der Waals surface area contributed by atoms with E-state index in [9.17, 15) is 9.59 Å². The molecule has 1 aliphatic heterocycles. The van der Waals surface area contributed by atoms with Crippen molar-refractivity contribution in [1.29, 1.82) is 0 Å². The molecule has 1 aromatic carbocycles. The van der Waals surface area contributed by atoms with Crippen LogP contribution in [-0.4, -0.2) is 28.9 Å². The van der Waals surface area contributed by atoms with Gasteiger partial charge in [0.05, 0.1) is 6.04 Å². The highest BCUT2D eigenvalue weighted by Gasteiger charge is 2.31. The number of amides is 1. The normalized spacial score (nSPS) is 17.4. The van der Waals surface area contributed by atoms with Gasteiger partial charge in [0.2, 0.25) is 0 Å². The molecule has 0 fully saturated rings. The predicted molar refractivity (Wildman–Crippen MR) is 80.0 cm³/mol. The van der Waals surface area contributed by atoms with Crippen LogP contribution in [0.4, 0.5) is 0 Å². The number of nitrogens with two attached hydrogens (primary N) is 1. The number of nitrogens with one attached hydrogen (secondary N) is 1. The average Bonchev–Trinajstić information content (AvgIpc) is 2.53. The van der Waals surface area contributed by atoms with Crippen LogP contribution in [0, 0.1) is 0 Å². The van der Waals surface area contributed by atoms with E-state index in [4.69, 9.17) is 5.73 Å². The zero-order valence-electron chi connectivity index (χ0n) is 11.6. The molecule has 5 heteroatoms. The minimum atomic E-state index is -0.270.